The molecule has 3 aromatic rings. The van der Waals surface area contributed by atoms with E-state index in [9.17, 15) is 8.78 Å². The first-order valence-corrected chi connectivity index (χ1v) is 11.0. The van der Waals surface area contributed by atoms with E-state index in [0.29, 0.717) is 13.2 Å². The van der Waals surface area contributed by atoms with Gasteiger partial charge in [-0.15, -0.1) is 0 Å². The van der Waals surface area contributed by atoms with Crippen LogP contribution in [0.15, 0.2) is 36.8 Å². The average Bonchev–Trinajstić information content (AvgIpc) is 2.82. The largest absolute Gasteiger partial charge is 0.488 e. The topological polar surface area (TPSA) is 72.4 Å². The van der Waals surface area contributed by atoms with Crippen LogP contribution in [-0.4, -0.2) is 53.4 Å². The highest BCUT2D eigenvalue weighted by atomic mass is 19.1. The number of hydrogen-bond acceptors (Lipinski definition) is 7. The second-order valence-electron chi connectivity index (χ2n) is 8.19. The number of hydrogen-bond donors (Lipinski definition) is 1. The summed E-state index contributed by atoms with van der Waals surface area (Å²) < 4.78 is 38.9. The van der Waals surface area contributed by atoms with Crippen molar-refractivity contribution in [3.8, 4) is 5.75 Å². The minimum absolute atomic E-state index is 0.0317. The summed E-state index contributed by atoms with van der Waals surface area (Å²) in [5.74, 6) is -0.525. The van der Waals surface area contributed by atoms with Crippen LogP contribution in [0.4, 0.5) is 20.3 Å². The summed E-state index contributed by atoms with van der Waals surface area (Å²) in [6, 6.07) is 5.01. The Morgan fingerprint density at radius 3 is 2.53 bits per heavy atom. The van der Waals surface area contributed by atoms with Crippen molar-refractivity contribution in [3.63, 3.8) is 0 Å². The molecule has 0 amide bonds. The maximum absolute atomic E-state index is 13.9. The Hall–Kier alpha value is -3.07. The third-order valence-electron chi connectivity index (χ3n) is 6.02. The average molecular weight is 441 g/mol. The van der Waals surface area contributed by atoms with Crippen molar-refractivity contribution >= 4 is 22.5 Å². The molecule has 7 nitrogen and oxygen atoms in total. The molecule has 0 atom stereocenters. The lowest BCUT2D eigenvalue weighted by Gasteiger charge is -2.31. The number of nitrogens with zero attached hydrogens (tertiary/aromatic N) is 4. The Kier molecular flexibility index (Phi) is 5.98. The molecule has 168 valence electrons. The van der Waals surface area contributed by atoms with Crippen molar-refractivity contribution in [2.24, 2.45) is 0 Å². The normalized spacial score (nSPS) is 21.5. The zero-order valence-corrected chi connectivity index (χ0v) is 17.6. The van der Waals surface area contributed by atoms with Crippen molar-refractivity contribution in [2.75, 3.05) is 36.5 Å². The fourth-order valence-electron chi connectivity index (χ4n) is 4.34. The molecule has 0 spiro atoms. The van der Waals surface area contributed by atoms with Crippen LogP contribution < -0.4 is 15.0 Å². The monoisotopic (exact) mass is 441 g/mol. The first-order chi connectivity index (χ1) is 15.7. The van der Waals surface area contributed by atoms with Gasteiger partial charge in [0.2, 0.25) is 0 Å². The summed E-state index contributed by atoms with van der Waals surface area (Å²) >= 11 is 0. The summed E-state index contributed by atoms with van der Waals surface area (Å²) in [5, 5.41) is 3.09. The lowest BCUT2D eigenvalue weighted by atomic mass is 9.93. The summed E-state index contributed by atoms with van der Waals surface area (Å²) in [6.45, 7) is 3.07. The number of pyridine rings is 1. The Bertz CT molecular complexity index is 1090. The van der Waals surface area contributed by atoms with Gasteiger partial charge >= 0.3 is 0 Å². The van der Waals surface area contributed by atoms with Gasteiger partial charge in [-0.1, -0.05) is 0 Å². The molecule has 3 heterocycles. The van der Waals surface area contributed by atoms with Gasteiger partial charge in [0.15, 0.2) is 11.6 Å². The van der Waals surface area contributed by atoms with Crippen LogP contribution in [0.2, 0.25) is 0 Å². The smallest absolute Gasteiger partial charge is 0.168 e. The number of nitrogens with one attached hydrogen (secondary N) is 1. The van der Waals surface area contributed by atoms with Gasteiger partial charge in [-0.25, -0.2) is 18.7 Å². The predicted octanol–water partition coefficient (Wildman–Crippen LogP) is 3.94. The van der Waals surface area contributed by atoms with Crippen molar-refractivity contribution in [2.45, 2.75) is 37.8 Å². The van der Waals surface area contributed by atoms with Gasteiger partial charge in [-0.05, 0) is 31.7 Å². The highest BCUT2D eigenvalue weighted by Crippen LogP contribution is 2.33. The fourth-order valence-corrected chi connectivity index (χ4v) is 4.34. The van der Waals surface area contributed by atoms with Gasteiger partial charge in [0, 0.05) is 49.3 Å². The van der Waals surface area contributed by atoms with Crippen molar-refractivity contribution in [3.05, 3.63) is 48.4 Å². The second-order valence-corrected chi connectivity index (χ2v) is 8.19. The molecule has 1 aromatic carbocycles. The number of halogens is 2. The zero-order valence-electron chi connectivity index (χ0n) is 17.6. The quantitative estimate of drug-likeness (QED) is 0.643. The molecule has 1 saturated carbocycles. The molecule has 32 heavy (non-hydrogen) atoms. The van der Waals surface area contributed by atoms with E-state index in [4.69, 9.17) is 9.47 Å². The number of benzene rings is 1. The molecule has 1 aliphatic carbocycles. The molecule has 0 radical (unpaired) electrons. The van der Waals surface area contributed by atoms with Gasteiger partial charge in [0.1, 0.15) is 17.1 Å². The van der Waals surface area contributed by atoms with Gasteiger partial charge in [0.05, 0.1) is 31.0 Å². The maximum Gasteiger partial charge on any atom is 0.168 e. The van der Waals surface area contributed by atoms with Crippen molar-refractivity contribution < 1.29 is 18.3 Å². The SMILES string of the molecule is Fc1cnc(NC2CCC(Oc3cc(N4CCOCC4)cc4nccnc34)CC2)c(F)c1. The Morgan fingerprint density at radius 2 is 1.75 bits per heavy atom. The number of fused-ring (bicyclic) bond motifs is 1. The van der Waals surface area contributed by atoms with E-state index in [1.807, 2.05) is 12.1 Å². The number of aromatic nitrogens is 3. The van der Waals surface area contributed by atoms with E-state index in [2.05, 4.69) is 25.2 Å². The van der Waals surface area contributed by atoms with Crippen LogP contribution in [0.25, 0.3) is 11.0 Å². The molecular weight excluding hydrogens is 416 g/mol. The van der Waals surface area contributed by atoms with Gasteiger partial charge in [-0.3, -0.25) is 4.98 Å². The Labute approximate surface area is 184 Å². The number of rotatable bonds is 5. The third-order valence-corrected chi connectivity index (χ3v) is 6.02. The van der Waals surface area contributed by atoms with E-state index >= 15 is 0 Å². The highest BCUT2D eigenvalue weighted by molar-refractivity contribution is 5.85. The van der Waals surface area contributed by atoms with E-state index in [0.717, 1.165) is 73.5 Å². The minimum atomic E-state index is -0.681. The molecule has 2 aliphatic rings. The van der Waals surface area contributed by atoms with Crippen LogP contribution in [0, 0.1) is 11.6 Å². The van der Waals surface area contributed by atoms with Gasteiger partial charge in [0.25, 0.3) is 0 Å². The molecule has 9 heteroatoms. The maximum atomic E-state index is 13.9. The molecule has 1 aliphatic heterocycles. The second kappa shape index (κ2) is 9.20. The zero-order chi connectivity index (χ0) is 21.9. The molecular formula is C23H25F2N5O2. The summed E-state index contributed by atoms with van der Waals surface area (Å²) in [6.07, 6.45) is 7.64. The fraction of sp³-hybridized carbons (Fsp3) is 0.435. The van der Waals surface area contributed by atoms with Crippen molar-refractivity contribution in [1.29, 1.82) is 0 Å². The molecule has 0 unspecified atom stereocenters. The Morgan fingerprint density at radius 1 is 0.969 bits per heavy atom. The Balaban J connectivity index is 1.27. The lowest BCUT2D eigenvalue weighted by molar-refractivity contribution is 0.122. The summed E-state index contributed by atoms with van der Waals surface area (Å²) in [4.78, 5) is 15.1. The van der Waals surface area contributed by atoms with Gasteiger partial charge in [-0.2, -0.15) is 0 Å². The molecule has 5 rings (SSSR count). The number of ether oxygens (including phenoxy) is 2. The molecule has 2 fully saturated rings. The van der Waals surface area contributed by atoms with Crippen LogP contribution in [-0.2, 0) is 4.74 Å². The van der Waals surface area contributed by atoms with Crippen molar-refractivity contribution in [1.82, 2.24) is 15.0 Å². The standard InChI is InChI=1S/C23H25F2N5O2/c24-15-11-19(25)23(28-14-15)29-16-1-3-18(4-2-16)32-21-13-17(30-7-9-31-10-8-30)12-20-22(21)27-6-5-26-20/h5-6,11-14,16,18H,1-4,7-10H2,(H,28,29). The number of morpholine rings is 1. The minimum Gasteiger partial charge on any atom is -0.488 e. The molecule has 1 N–H and O–H groups in total. The van der Waals surface area contributed by atoms with Crippen LogP contribution in [0.5, 0.6) is 5.75 Å². The molecule has 2 aromatic heterocycles. The van der Waals surface area contributed by atoms with Crippen LogP contribution in [0.1, 0.15) is 25.7 Å². The van der Waals surface area contributed by atoms with Gasteiger partial charge < -0.3 is 19.7 Å². The lowest BCUT2D eigenvalue weighted by Crippen LogP contribution is -2.36. The highest BCUT2D eigenvalue weighted by Gasteiger charge is 2.25. The summed E-state index contributed by atoms with van der Waals surface area (Å²) in [5.41, 5.74) is 2.62. The van der Waals surface area contributed by atoms with Crippen LogP contribution in [0.3, 0.4) is 0 Å². The van der Waals surface area contributed by atoms with E-state index in [1.54, 1.807) is 12.4 Å². The van der Waals surface area contributed by atoms with E-state index in [-0.39, 0.29) is 18.0 Å². The first kappa shape index (κ1) is 20.8. The van der Waals surface area contributed by atoms with Crippen LogP contribution >= 0.6 is 0 Å². The van der Waals surface area contributed by atoms with E-state index < -0.39 is 11.6 Å². The molecule has 0 bridgehead atoms. The predicted molar refractivity (Wildman–Crippen MR) is 117 cm³/mol. The first-order valence-electron chi connectivity index (χ1n) is 11.0. The molecule has 1 saturated heterocycles. The third kappa shape index (κ3) is 4.57. The van der Waals surface area contributed by atoms with E-state index in [1.165, 1.54) is 0 Å². The number of anilines is 2. The summed E-state index contributed by atoms with van der Waals surface area (Å²) in [7, 11) is 0.